The number of ether oxygens (including phenoxy) is 1. The van der Waals surface area contributed by atoms with E-state index >= 15 is 0 Å². The highest BCUT2D eigenvalue weighted by molar-refractivity contribution is 5.82. The van der Waals surface area contributed by atoms with Crippen LogP contribution < -0.4 is 0 Å². The Bertz CT molecular complexity index is 708. The van der Waals surface area contributed by atoms with Crippen LogP contribution in [0.5, 0.6) is 0 Å². The second-order valence-electron chi connectivity index (χ2n) is 7.33. The molecule has 0 unspecified atom stereocenters. The first-order chi connectivity index (χ1) is 11.7. The molecule has 7 nitrogen and oxygen atoms in total. The molecule has 25 heavy (non-hydrogen) atoms. The van der Waals surface area contributed by atoms with Crippen LogP contribution in [-0.2, 0) is 34.8 Å². The Morgan fingerprint density at radius 1 is 1.24 bits per heavy atom. The summed E-state index contributed by atoms with van der Waals surface area (Å²) in [6.45, 7) is 9.46. The van der Waals surface area contributed by atoms with Crippen LogP contribution in [0.3, 0.4) is 0 Å². The average molecular weight is 348 g/mol. The molecule has 138 valence electrons. The standard InChI is InChI=1S/C18H28N4O3/c1-7-18(8-2,16(23)24-17(3,4)5)15-20-14(25-21-15)10-9-13-11-19-22(6)12-13/h11-12H,7-10H2,1-6H3. The molecule has 0 bridgehead atoms. The molecule has 2 aromatic heterocycles. The lowest BCUT2D eigenvalue weighted by Crippen LogP contribution is -2.41. The van der Waals surface area contributed by atoms with Crippen molar-refractivity contribution >= 4 is 5.97 Å². The van der Waals surface area contributed by atoms with Crippen LogP contribution in [0.2, 0.25) is 0 Å². The molecule has 2 aromatic rings. The van der Waals surface area contributed by atoms with E-state index in [9.17, 15) is 4.79 Å². The van der Waals surface area contributed by atoms with Crippen LogP contribution in [0.15, 0.2) is 16.9 Å². The second kappa shape index (κ2) is 7.37. The van der Waals surface area contributed by atoms with Crippen LogP contribution in [-0.4, -0.2) is 31.5 Å². The number of aromatic nitrogens is 4. The van der Waals surface area contributed by atoms with E-state index in [0.29, 0.717) is 31.0 Å². The summed E-state index contributed by atoms with van der Waals surface area (Å²) in [5.41, 5.74) is -0.324. The molecule has 0 saturated carbocycles. The highest BCUT2D eigenvalue weighted by atomic mass is 16.6. The first-order valence-electron chi connectivity index (χ1n) is 8.74. The highest BCUT2D eigenvalue weighted by Crippen LogP contribution is 2.33. The molecule has 0 aliphatic heterocycles. The molecule has 0 amide bonds. The lowest BCUT2D eigenvalue weighted by molar-refractivity contribution is -0.163. The molecule has 0 N–H and O–H groups in total. The number of hydrogen-bond acceptors (Lipinski definition) is 6. The summed E-state index contributed by atoms with van der Waals surface area (Å²) < 4.78 is 12.8. The molecule has 0 aliphatic carbocycles. The number of carbonyl (C=O) groups excluding carboxylic acids is 1. The van der Waals surface area contributed by atoms with Crippen molar-refractivity contribution in [3.63, 3.8) is 0 Å². The van der Waals surface area contributed by atoms with Gasteiger partial charge in [0.25, 0.3) is 0 Å². The zero-order valence-corrected chi connectivity index (χ0v) is 16.0. The molecule has 0 aromatic carbocycles. The fourth-order valence-corrected chi connectivity index (χ4v) is 2.73. The van der Waals surface area contributed by atoms with Crippen molar-refractivity contribution in [2.75, 3.05) is 0 Å². The van der Waals surface area contributed by atoms with E-state index in [2.05, 4.69) is 15.2 Å². The Morgan fingerprint density at radius 3 is 2.44 bits per heavy atom. The summed E-state index contributed by atoms with van der Waals surface area (Å²) in [7, 11) is 1.88. The Hall–Kier alpha value is -2.18. The molecule has 0 atom stereocenters. The number of aryl methyl sites for hydroxylation is 3. The fourth-order valence-electron chi connectivity index (χ4n) is 2.73. The normalized spacial score (nSPS) is 12.4. The van der Waals surface area contributed by atoms with Gasteiger partial charge in [-0.25, -0.2) is 0 Å². The van der Waals surface area contributed by atoms with E-state index in [-0.39, 0.29) is 5.97 Å². The van der Waals surface area contributed by atoms with Gasteiger partial charge in [0, 0.05) is 19.7 Å². The number of carbonyl (C=O) groups is 1. The summed E-state index contributed by atoms with van der Waals surface area (Å²) in [4.78, 5) is 17.3. The van der Waals surface area contributed by atoms with E-state index in [1.807, 2.05) is 54.1 Å². The average Bonchev–Trinajstić information content (AvgIpc) is 3.15. The van der Waals surface area contributed by atoms with E-state index < -0.39 is 11.0 Å². The number of nitrogens with zero attached hydrogens (tertiary/aromatic N) is 4. The van der Waals surface area contributed by atoms with Crippen LogP contribution in [0, 0.1) is 0 Å². The van der Waals surface area contributed by atoms with Gasteiger partial charge in [-0.1, -0.05) is 19.0 Å². The minimum atomic E-state index is -0.872. The number of esters is 1. The molecule has 2 heterocycles. The lowest BCUT2D eigenvalue weighted by atomic mass is 9.81. The predicted octanol–water partition coefficient (Wildman–Crippen LogP) is 2.99. The first-order valence-corrected chi connectivity index (χ1v) is 8.74. The Labute approximate surface area is 148 Å². The van der Waals surface area contributed by atoms with E-state index in [1.165, 1.54) is 0 Å². The monoisotopic (exact) mass is 348 g/mol. The Morgan fingerprint density at radius 2 is 1.92 bits per heavy atom. The molecule has 0 radical (unpaired) electrons. The summed E-state index contributed by atoms with van der Waals surface area (Å²) in [6, 6.07) is 0. The van der Waals surface area contributed by atoms with Crippen molar-refractivity contribution in [1.29, 1.82) is 0 Å². The minimum Gasteiger partial charge on any atom is -0.459 e. The zero-order chi connectivity index (χ0) is 18.7. The van der Waals surface area contributed by atoms with Gasteiger partial charge >= 0.3 is 5.97 Å². The Balaban J connectivity index is 2.16. The van der Waals surface area contributed by atoms with E-state index in [0.717, 1.165) is 12.0 Å². The number of hydrogen-bond donors (Lipinski definition) is 0. The second-order valence-corrected chi connectivity index (χ2v) is 7.33. The van der Waals surface area contributed by atoms with Gasteiger partial charge in [-0.3, -0.25) is 9.48 Å². The van der Waals surface area contributed by atoms with Gasteiger partial charge in [0.05, 0.1) is 6.20 Å². The van der Waals surface area contributed by atoms with Gasteiger partial charge < -0.3 is 9.26 Å². The maximum absolute atomic E-state index is 12.8. The summed E-state index contributed by atoms with van der Waals surface area (Å²) >= 11 is 0. The summed E-state index contributed by atoms with van der Waals surface area (Å²) in [5.74, 6) is 0.631. The van der Waals surface area contributed by atoms with Gasteiger partial charge in [0.2, 0.25) is 5.89 Å². The highest BCUT2D eigenvalue weighted by Gasteiger charge is 2.44. The molecule has 7 heteroatoms. The first kappa shape index (κ1) is 19.1. The topological polar surface area (TPSA) is 83.0 Å². The van der Waals surface area contributed by atoms with E-state index in [4.69, 9.17) is 9.26 Å². The lowest BCUT2D eigenvalue weighted by Gasteiger charge is -2.30. The van der Waals surface area contributed by atoms with Gasteiger partial charge in [0.1, 0.15) is 11.0 Å². The minimum absolute atomic E-state index is 0.301. The Kier molecular flexibility index (Phi) is 5.65. The van der Waals surface area contributed by atoms with Crippen LogP contribution in [0.4, 0.5) is 0 Å². The van der Waals surface area contributed by atoms with Gasteiger partial charge in [-0.15, -0.1) is 0 Å². The maximum Gasteiger partial charge on any atom is 0.320 e. The molecular weight excluding hydrogens is 320 g/mol. The third-order valence-electron chi connectivity index (χ3n) is 4.28. The van der Waals surface area contributed by atoms with Crippen molar-refractivity contribution in [1.82, 2.24) is 19.9 Å². The molecule has 0 saturated heterocycles. The van der Waals surface area contributed by atoms with E-state index in [1.54, 1.807) is 4.68 Å². The SMILES string of the molecule is CCC(CC)(C(=O)OC(C)(C)C)c1noc(CCc2cnn(C)c2)n1. The van der Waals surface area contributed by atoms with Crippen molar-refractivity contribution in [2.24, 2.45) is 7.05 Å². The number of rotatable bonds is 7. The predicted molar refractivity (Wildman–Crippen MR) is 93.0 cm³/mol. The third-order valence-corrected chi connectivity index (χ3v) is 4.28. The van der Waals surface area contributed by atoms with Crippen LogP contribution >= 0.6 is 0 Å². The van der Waals surface area contributed by atoms with Crippen LogP contribution in [0.25, 0.3) is 0 Å². The summed E-state index contributed by atoms with van der Waals surface area (Å²) in [5, 5.41) is 8.24. The van der Waals surface area contributed by atoms with Crippen molar-refractivity contribution < 1.29 is 14.1 Å². The smallest absolute Gasteiger partial charge is 0.320 e. The van der Waals surface area contributed by atoms with Crippen molar-refractivity contribution in [3.8, 4) is 0 Å². The fraction of sp³-hybridized carbons (Fsp3) is 0.667. The van der Waals surface area contributed by atoms with Gasteiger partial charge in [0.15, 0.2) is 5.82 Å². The largest absolute Gasteiger partial charge is 0.459 e. The van der Waals surface area contributed by atoms with Gasteiger partial charge in [-0.2, -0.15) is 10.1 Å². The van der Waals surface area contributed by atoms with Crippen molar-refractivity contribution in [3.05, 3.63) is 29.7 Å². The molecule has 0 spiro atoms. The molecule has 0 aliphatic rings. The van der Waals surface area contributed by atoms with Crippen molar-refractivity contribution in [2.45, 2.75) is 71.3 Å². The molecule has 0 fully saturated rings. The third kappa shape index (κ3) is 4.46. The maximum atomic E-state index is 12.8. The molecule has 2 rings (SSSR count). The molecular formula is C18H28N4O3. The quantitative estimate of drug-likeness (QED) is 0.715. The van der Waals surface area contributed by atoms with Crippen LogP contribution in [0.1, 0.15) is 64.7 Å². The van der Waals surface area contributed by atoms with Gasteiger partial charge in [-0.05, 0) is 45.6 Å². The summed E-state index contributed by atoms with van der Waals surface area (Å²) in [6.07, 6.45) is 6.25. The zero-order valence-electron chi connectivity index (χ0n) is 16.0.